The number of carbonyl (C=O) groups is 1. The topological polar surface area (TPSA) is 104 Å². The van der Waals surface area contributed by atoms with E-state index in [1.165, 1.54) is 45.0 Å². The first kappa shape index (κ1) is 25.4. The van der Waals surface area contributed by atoms with Gasteiger partial charge in [-0.2, -0.15) is 4.31 Å². The molecule has 194 valence electrons. The van der Waals surface area contributed by atoms with Crippen LogP contribution < -0.4 is 9.62 Å². The molecule has 0 bridgehead atoms. The van der Waals surface area contributed by atoms with Crippen LogP contribution in [0.2, 0.25) is 0 Å². The number of fused-ring (bicyclic) bond motifs is 1. The van der Waals surface area contributed by atoms with Crippen LogP contribution in [-0.2, 0) is 26.5 Å². The molecule has 0 aromatic heterocycles. The predicted octanol–water partition coefficient (Wildman–Crippen LogP) is 4.25. The lowest BCUT2D eigenvalue weighted by atomic mass is 10.1. The zero-order valence-electron chi connectivity index (χ0n) is 20.5. The Bertz CT molecular complexity index is 1530. The normalized spacial score (nSPS) is 18.4. The van der Waals surface area contributed by atoms with Crippen molar-refractivity contribution in [3.05, 3.63) is 83.9 Å². The highest BCUT2D eigenvalue weighted by Gasteiger charge is 2.36. The summed E-state index contributed by atoms with van der Waals surface area (Å²) in [6.07, 6.45) is 3.36. The Morgan fingerprint density at radius 3 is 2.24 bits per heavy atom. The fourth-order valence-corrected chi connectivity index (χ4v) is 8.24. The largest absolute Gasteiger partial charge is 0.322 e. The van der Waals surface area contributed by atoms with E-state index in [2.05, 4.69) is 5.32 Å². The molecule has 3 aromatic rings. The summed E-state index contributed by atoms with van der Waals surface area (Å²) < 4.78 is 55.7. The maximum atomic E-state index is 13.5. The molecule has 0 spiro atoms. The maximum absolute atomic E-state index is 13.5. The zero-order valence-corrected chi connectivity index (χ0v) is 22.1. The molecule has 0 saturated carbocycles. The van der Waals surface area contributed by atoms with Gasteiger partial charge in [0.25, 0.3) is 15.9 Å². The molecule has 0 radical (unpaired) electrons. The van der Waals surface area contributed by atoms with Gasteiger partial charge in [0.15, 0.2) is 0 Å². The van der Waals surface area contributed by atoms with Crippen molar-refractivity contribution in [2.45, 2.75) is 48.4 Å². The molecule has 1 atom stereocenters. The van der Waals surface area contributed by atoms with E-state index in [9.17, 15) is 21.6 Å². The van der Waals surface area contributed by atoms with Gasteiger partial charge < -0.3 is 5.32 Å². The maximum Gasteiger partial charge on any atom is 0.264 e. The summed E-state index contributed by atoms with van der Waals surface area (Å²) in [6, 6.07) is 19.2. The number of hydrogen-bond acceptors (Lipinski definition) is 5. The highest BCUT2D eigenvalue weighted by atomic mass is 32.2. The van der Waals surface area contributed by atoms with Crippen LogP contribution in [0.4, 0.5) is 11.4 Å². The van der Waals surface area contributed by atoms with Crippen LogP contribution in [-0.4, -0.2) is 46.2 Å². The molecular weight excluding hydrogens is 510 g/mol. The Kier molecular flexibility index (Phi) is 6.82. The number of piperidine rings is 1. The second-order valence-electron chi connectivity index (χ2n) is 9.45. The number of benzene rings is 3. The fraction of sp³-hybridized carbons (Fsp3) is 0.296. The van der Waals surface area contributed by atoms with E-state index >= 15 is 0 Å². The average Bonchev–Trinajstić information content (AvgIpc) is 3.26. The number of nitrogens with one attached hydrogen (secondary N) is 1. The minimum absolute atomic E-state index is 0.0340. The fourth-order valence-electron chi connectivity index (χ4n) is 4.98. The average molecular weight is 540 g/mol. The molecular formula is C27H29N3O5S2. The van der Waals surface area contributed by atoms with E-state index in [-0.39, 0.29) is 21.4 Å². The molecule has 2 aliphatic heterocycles. The minimum Gasteiger partial charge on any atom is -0.322 e. The van der Waals surface area contributed by atoms with Crippen molar-refractivity contribution in [1.29, 1.82) is 0 Å². The van der Waals surface area contributed by atoms with Crippen molar-refractivity contribution < 1.29 is 21.6 Å². The third-order valence-corrected chi connectivity index (χ3v) is 10.7. The molecule has 0 unspecified atom stereocenters. The van der Waals surface area contributed by atoms with Gasteiger partial charge in [-0.3, -0.25) is 9.10 Å². The van der Waals surface area contributed by atoms with Gasteiger partial charge in [0, 0.05) is 30.4 Å². The standard InChI is InChI=1S/C27H29N3O5S2/c1-20-18-21-8-3-4-11-26(21)30(20)37(34,35)25-10-7-9-22(19-25)27(31)28-23-12-14-24(15-13-23)36(32,33)29-16-5-2-6-17-29/h3-4,7-15,19-20H,2,5-6,16-18H2,1H3,(H,28,31)/t20-/m1/s1. The van der Waals surface area contributed by atoms with Crippen LogP contribution in [0.25, 0.3) is 0 Å². The number of sulfonamides is 2. The van der Waals surface area contributed by atoms with Crippen molar-refractivity contribution in [3.63, 3.8) is 0 Å². The van der Waals surface area contributed by atoms with Crippen LogP contribution in [0.1, 0.15) is 42.1 Å². The number of nitrogens with zero attached hydrogens (tertiary/aromatic N) is 2. The minimum atomic E-state index is -3.88. The lowest BCUT2D eigenvalue weighted by Crippen LogP contribution is -2.35. The van der Waals surface area contributed by atoms with Crippen molar-refractivity contribution in [1.82, 2.24) is 4.31 Å². The van der Waals surface area contributed by atoms with Gasteiger partial charge in [0.05, 0.1) is 15.5 Å². The molecule has 3 aromatic carbocycles. The Labute approximate surface area is 218 Å². The van der Waals surface area contributed by atoms with Crippen molar-refractivity contribution >= 4 is 37.3 Å². The molecule has 2 heterocycles. The van der Waals surface area contributed by atoms with Crippen LogP contribution in [0, 0.1) is 0 Å². The number of amides is 1. The number of anilines is 2. The molecule has 37 heavy (non-hydrogen) atoms. The van der Waals surface area contributed by atoms with Gasteiger partial charge in [-0.05, 0) is 80.3 Å². The molecule has 1 saturated heterocycles. The van der Waals surface area contributed by atoms with Gasteiger partial charge in [0.2, 0.25) is 10.0 Å². The molecule has 2 aliphatic rings. The summed E-state index contributed by atoms with van der Waals surface area (Å²) in [5, 5.41) is 2.73. The first-order valence-corrected chi connectivity index (χ1v) is 15.2. The molecule has 5 rings (SSSR count). The van der Waals surface area contributed by atoms with E-state index in [4.69, 9.17) is 0 Å². The van der Waals surface area contributed by atoms with E-state index in [1.807, 2.05) is 25.1 Å². The van der Waals surface area contributed by atoms with Crippen molar-refractivity contribution in [2.24, 2.45) is 0 Å². The van der Waals surface area contributed by atoms with E-state index in [0.717, 1.165) is 24.8 Å². The number of rotatable bonds is 6. The second kappa shape index (κ2) is 9.92. The molecule has 1 fully saturated rings. The van der Waals surface area contributed by atoms with Gasteiger partial charge in [-0.15, -0.1) is 0 Å². The summed E-state index contributed by atoms with van der Waals surface area (Å²) in [4.78, 5) is 13.2. The Morgan fingerprint density at radius 2 is 1.51 bits per heavy atom. The number of carbonyl (C=O) groups excluding carboxylic acids is 1. The number of para-hydroxylation sites is 1. The lowest BCUT2D eigenvalue weighted by Gasteiger charge is -2.25. The number of hydrogen-bond donors (Lipinski definition) is 1. The smallest absolute Gasteiger partial charge is 0.264 e. The molecule has 8 nitrogen and oxygen atoms in total. The van der Waals surface area contributed by atoms with Crippen LogP contribution in [0.5, 0.6) is 0 Å². The van der Waals surface area contributed by atoms with E-state index in [0.29, 0.717) is 30.9 Å². The molecule has 1 N–H and O–H groups in total. The third kappa shape index (κ3) is 4.88. The summed E-state index contributed by atoms with van der Waals surface area (Å²) >= 11 is 0. The summed E-state index contributed by atoms with van der Waals surface area (Å²) in [7, 11) is -7.45. The predicted molar refractivity (Wildman–Crippen MR) is 143 cm³/mol. The first-order valence-electron chi connectivity index (χ1n) is 12.3. The monoisotopic (exact) mass is 539 g/mol. The van der Waals surface area contributed by atoms with Crippen LogP contribution in [0.15, 0.2) is 82.6 Å². The summed E-state index contributed by atoms with van der Waals surface area (Å²) in [5.41, 5.74) is 2.23. The SMILES string of the molecule is C[C@@H]1Cc2ccccc2N1S(=O)(=O)c1cccc(C(=O)Nc2ccc(S(=O)(=O)N3CCCCC3)cc2)c1. The highest BCUT2D eigenvalue weighted by Crippen LogP contribution is 2.36. The summed E-state index contributed by atoms with van der Waals surface area (Å²) in [6.45, 7) is 2.90. The molecule has 10 heteroatoms. The quantitative estimate of drug-likeness (QED) is 0.504. The summed E-state index contributed by atoms with van der Waals surface area (Å²) in [5.74, 6) is -0.487. The second-order valence-corrected chi connectivity index (χ2v) is 13.2. The van der Waals surface area contributed by atoms with Gasteiger partial charge >= 0.3 is 0 Å². The highest BCUT2D eigenvalue weighted by molar-refractivity contribution is 7.93. The first-order chi connectivity index (χ1) is 17.7. The Balaban J connectivity index is 1.34. The van der Waals surface area contributed by atoms with E-state index < -0.39 is 26.0 Å². The van der Waals surface area contributed by atoms with Crippen molar-refractivity contribution in [2.75, 3.05) is 22.7 Å². The Morgan fingerprint density at radius 1 is 0.811 bits per heavy atom. The lowest BCUT2D eigenvalue weighted by molar-refractivity contribution is 0.102. The Hall–Kier alpha value is -3.21. The van der Waals surface area contributed by atoms with Crippen LogP contribution in [0.3, 0.4) is 0 Å². The zero-order chi connectivity index (χ0) is 26.2. The van der Waals surface area contributed by atoms with E-state index in [1.54, 1.807) is 18.2 Å². The van der Waals surface area contributed by atoms with Gasteiger partial charge in [-0.1, -0.05) is 30.7 Å². The van der Waals surface area contributed by atoms with Gasteiger partial charge in [-0.25, -0.2) is 16.8 Å². The van der Waals surface area contributed by atoms with Crippen LogP contribution >= 0.6 is 0 Å². The third-order valence-electron chi connectivity index (χ3n) is 6.86. The van der Waals surface area contributed by atoms with Gasteiger partial charge in [0.1, 0.15) is 0 Å². The molecule has 1 amide bonds. The molecule has 0 aliphatic carbocycles. The van der Waals surface area contributed by atoms with Crippen molar-refractivity contribution in [3.8, 4) is 0 Å².